The van der Waals surface area contributed by atoms with Gasteiger partial charge in [-0.1, -0.05) is 0 Å². The molecule has 0 aromatic heterocycles. The maximum absolute atomic E-state index is 12.1. The summed E-state index contributed by atoms with van der Waals surface area (Å²) in [6.45, 7) is 2.71. The lowest BCUT2D eigenvalue weighted by Gasteiger charge is -2.09. The number of aliphatic hydroxyl groups is 1. The van der Waals surface area contributed by atoms with Gasteiger partial charge in [-0.3, -0.25) is 4.79 Å². The van der Waals surface area contributed by atoms with Crippen LogP contribution in [-0.2, 0) is 21.2 Å². The smallest absolute Gasteiger partial charge is 0.240 e. The first-order valence-electron chi connectivity index (χ1n) is 6.70. The Hall–Kier alpha value is -1.48. The van der Waals surface area contributed by atoms with Gasteiger partial charge in [-0.15, -0.1) is 0 Å². The molecule has 0 bridgehead atoms. The SMILES string of the molecule is CC(O)CNCCNS(=O)(=O)c1ccc2c(c1)CC(=O)N2. The molecular weight excluding hydrogens is 294 g/mol. The first-order valence-corrected chi connectivity index (χ1v) is 8.18. The van der Waals surface area contributed by atoms with E-state index in [0.29, 0.717) is 24.3 Å². The van der Waals surface area contributed by atoms with Gasteiger partial charge in [0, 0.05) is 25.3 Å². The fraction of sp³-hybridized carbons (Fsp3) is 0.462. The normalized spacial score (nSPS) is 15.6. The second-order valence-corrected chi connectivity index (χ2v) is 6.76. The molecule has 1 aliphatic heterocycles. The standard InChI is InChI=1S/C13H19N3O4S/c1-9(17)8-14-4-5-15-21(19,20)11-2-3-12-10(6-11)7-13(18)16-12/h2-3,6,9,14-15,17H,4-5,7-8H2,1H3,(H,16,18). The van der Waals surface area contributed by atoms with Crippen molar-refractivity contribution in [3.05, 3.63) is 23.8 Å². The van der Waals surface area contributed by atoms with Crippen molar-refractivity contribution in [1.82, 2.24) is 10.0 Å². The van der Waals surface area contributed by atoms with Crippen LogP contribution >= 0.6 is 0 Å². The van der Waals surface area contributed by atoms with Crippen LogP contribution in [0.15, 0.2) is 23.1 Å². The van der Waals surface area contributed by atoms with Crippen LogP contribution in [0.25, 0.3) is 0 Å². The van der Waals surface area contributed by atoms with Crippen molar-refractivity contribution in [2.24, 2.45) is 0 Å². The highest BCUT2D eigenvalue weighted by Crippen LogP contribution is 2.25. The fourth-order valence-corrected chi connectivity index (χ4v) is 3.12. The fourth-order valence-electron chi connectivity index (χ4n) is 2.04. The molecule has 1 aliphatic rings. The van der Waals surface area contributed by atoms with Crippen LogP contribution in [0.4, 0.5) is 5.69 Å². The van der Waals surface area contributed by atoms with Gasteiger partial charge in [-0.25, -0.2) is 13.1 Å². The lowest BCUT2D eigenvalue weighted by molar-refractivity contribution is -0.115. The molecular formula is C13H19N3O4S. The minimum absolute atomic E-state index is 0.130. The van der Waals surface area contributed by atoms with Crippen LogP contribution in [0.1, 0.15) is 12.5 Å². The second kappa shape index (κ2) is 6.52. The Bertz CT molecular complexity index is 628. The summed E-state index contributed by atoms with van der Waals surface area (Å²) < 4.78 is 26.7. The van der Waals surface area contributed by atoms with Crippen LogP contribution < -0.4 is 15.4 Å². The number of nitrogens with one attached hydrogen (secondary N) is 3. The van der Waals surface area contributed by atoms with Gasteiger partial charge in [-0.2, -0.15) is 0 Å². The Balaban J connectivity index is 1.94. The van der Waals surface area contributed by atoms with Gasteiger partial charge in [0.25, 0.3) is 0 Å². The molecule has 0 aliphatic carbocycles. The molecule has 7 nitrogen and oxygen atoms in total. The van der Waals surface area contributed by atoms with Gasteiger partial charge in [0.1, 0.15) is 0 Å². The molecule has 8 heteroatoms. The largest absolute Gasteiger partial charge is 0.392 e. The molecule has 0 spiro atoms. The molecule has 1 aromatic carbocycles. The van der Waals surface area contributed by atoms with Gasteiger partial charge < -0.3 is 15.7 Å². The molecule has 1 atom stereocenters. The molecule has 1 unspecified atom stereocenters. The summed E-state index contributed by atoms with van der Waals surface area (Å²) in [6.07, 6.45) is -0.266. The molecule has 2 rings (SSSR count). The van der Waals surface area contributed by atoms with Gasteiger partial charge >= 0.3 is 0 Å². The summed E-state index contributed by atoms with van der Waals surface area (Å²) >= 11 is 0. The number of carbonyl (C=O) groups excluding carboxylic acids is 1. The highest BCUT2D eigenvalue weighted by molar-refractivity contribution is 7.89. The molecule has 0 saturated heterocycles. The number of hydrogen-bond acceptors (Lipinski definition) is 5. The lowest BCUT2D eigenvalue weighted by Crippen LogP contribution is -2.34. The Morgan fingerprint density at radius 1 is 1.38 bits per heavy atom. The molecule has 1 aromatic rings. The third kappa shape index (κ3) is 4.24. The van der Waals surface area contributed by atoms with E-state index in [1.807, 2.05) is 0 Å². The average Bonchev–Trinajstić information content (AvgIpc) is 2.76. The Labute approximate surface area is 123 Å². The van der Waals surface area contributed by atoms with E-state index in [1.165, 1.54) is 12.1 Å². The first-order chi connectivity index (χ1) is 9.88. The summed E-state index contributed by atoms with van der Waals surface area (Å²) in [6, 6.07) is 4.58. The van der Waals surface area contributed by atoms with Gasteiger partial charge in [0.05, 0.1) is 17.4 Å². The molecule has 0 fully saturated rings. The van der Waals surface area contributed by atoms with E-state index < -0.39 is 16.1 Å². The number of sulfonamides is 1. The van der Waals surface area contributed by atoms with Crippen molar-refractivity contribution >= 4 is 21.6 Å². The molecule has 0 saturated carbocycles. The summed E-state index contributed by atoms with van der Waals surface area (Å²) in [5.74, 6) is -0.130. The summed E-state index contributed by atoms with van der Waals surface area (Å²) in [5.41, 5.74) is 1.35. The quantitative estimate of drug-likeness (QED) is 0.504. The first kappa shape index (κ1) is 15.9. The minimum Gasteiger partial charge on any atom is -0.392 e. The lowest BCUT2D eigenvalue weighted by atomic mass is 10.2. The Morgan fingerprint density at radius 3 is 2.86 bits per heavy atom. The minimum atomic E-state index is -3.59. The van der Waals surface area contributed by atoms with Crippen LogP contribution in [0.3, 0.4) is 0 Å². The van der Waals surface area contributed by atoms with Gasteiger partial charge in [0.2, 0.25) is 15.9 Å². The molecule has 0 radical (unpaired) electrons. The summed E-state index contributed by atoms with van der Waals surface area (Å²) in [4.78, 5) is 11.4. The molecule has 1 amide bonds. The zero-order valence-corrected chi connectivity index (χ0v) is 12.5. The maximum atomic E-state index is 12.1. The zero-order valence-electron chi connectivity index (χ0n) is 11.7. The van der Waals surface area contributed by atoms with E-state index in [4.69, 9.17) is 5.11 Å². The van der Waals surface area contributed by atoms with Crippen molar-refractivity contribution in [3.8, 4) is 0 Å². The number of carbonyl (C=O) groups is 1. The number of anilines is 1. The zero-order chi connectivity index (χ0) is 15.5. The third-order valence-electron chi connectivity index (χ3n) is 3.05. The second-order valence-electron chi connectivity index (χ2n) is 4.99. The van der Waals surface area contributed by atoms with E-state index in [1.54, 1.807) is 13.0 Å². The topological polar surface area (TPSA) is 108 Å². The van der Waals surface area contributed by atoms with E-state index in [-0.39, 0.29) is 23.8 Å². The van der Waals surface area contributed by atoms with Crippen LogP contribution in [0.2, 0.25) is 0 Å². The maximum Gasteiger partial charge on any atom is 0.240 e. The Kier molecular flexibility index (Phi) is 4.94. The average molecular weight is 313 g/mol. The van der Waals surface area contributed by atoms with E-state index in [0.717, 1.165) is 0 Å². The predicted octanol–water partition coefficient (Wildman–Crippen LogP) is -0.570. The van der Waals surface area contributed by atoms with Crippen molar-refractivity contribution in [3.63, 3.8) is 0 Å². The highest BCUT2D eigenvalue weighted by Gasteiger charge is 2.21. The Morgan fingerprint density at radius 2 is 2.14 bits per heavy atom. The van der Waals surface area contributed by atoms with E-state index in [9.17, 15) is 13.2 Å². The number of amides is 1. The van der Waals surface area contributed by atoms with E-state index in [2.05, 4.69) is 15.4 Å². The van der Waals surface area contributed by atoms with Crippen LogP contribution in [0, 0.1) is 0 Å². The molecule has 1 heterocycles. The number of fused-ring (bicyclic) bond motifs is 1. The summed E-state index contributed by atoms with van der Waals surface area (Å²) in [5, 5.41) is 14.6. The molecule has 4 N–H and O–H groups in total. The summed E-state index contributed by atoms with van der Waals surface area (Å²) in [7, 11) is -3.59. The predicted molar refractivity (Wildman–Crippen MR) is 78.5 cm³/mol. The van der Waals surface area contributed by atoms with Crippen molar-refractivity contribution < 1.29 is 18.3 Å². The van der Waals surface area contributed by atoms with Crippen LogP contribution in [0.5, 0.6) is 0 Å². The van der Waals surface area contributed by atoms with Gasteiger partial charge in [-0.05, 0) is 30.7 Å². The van der Waals surface area contributed by atoms with Crippen molar-refractivity contribution in [2.75, 3.05) is 25.0 Å². The number of benzene rings is 1. The van der Waals surface area contributed by atoms with Crippen molar-refractivity contribution in [1.29, 1.82) is 0 Å². The highest BCUT2D eigenvalue weighted by atomic mass is 32.2. The number of hydrogen-bond donors (Lipinski definition) is 4. The number of aliphatic hydroxyl groups excluding tert-OH is 1. The van der Waals surface area contributed by atoms with Crippen molar-refractivity contribution in [2.45, 2.75) is 24.3 Å². The van der Waals surface area contributed by atoms with Gasteiger partial charge in [0.15, 0.2) is 0 Å². The van der Waals surface area contributed by atoms with Crippen LogP contribution in [-0.4, -0.2) is 45.2 Å². The number of rotatable bonds is 7. The third-order valence-corrected chi connectivity index (χ3v) is 4.50. The van der Waals surface area contributed by atoms with E-state index >= 15 is 0 Å². The molecule has 21 heavy (non-hydrogen) atoms. The molecule has 116 valence electrons. The monoisotopic (exact) mass is 313 g/mol.